The topological polar surface area (TPSA) is 111 Å². The number of piperazine rings is 1. The van der Waals surface area contributed by atoms with Crippen LogP contribution < -0.4 is 15.5 Å². The number of aromatic nitrogens is 2. The van der Waals surface area contributed by atoms with Gasteiger partial charge < -0.3 is 25.5 Å². The SMILES string of the molecule is CC(C)Nc1cccnc1N1CCN(C(=O)c2ccc(C(=O)NC(C)(C)CO)cn2)CC1. The average Bonchev–Trinajstić information content (AvgIpc) is 2.78. The molecular formula is C23H32N6O3. The standard InChI is InChI=1S/C23H32N6O3/c1-16(2)26-18-6-5-9-24-20(18)28-10-12-29(13-11-28)22(32)19-8-7-17(14-25-19)21(31)27-23(3,4)15-30/h5-9,14,16,26,30H,10-13,15H2,1-4H3,(H,27,31). The fourth-order valence-corrected chi connectivity index (χ4v) is 3.43. The molecular weight excluding hydrogens is 408 g/mol. The Morgan fingerprint density at radius 3 is 2.44 bits per heavy atom. The Morgan fingerprint density at radius 1 is 1.12 bits per heavy atom. The Kier molecular flexibility index (Phi) is 7.29. The summed E-state index contributed by atoms with van der Waals surface area (Å²) in [5, 5.41) is 15.5. The number of hydrogen-bond donors (Lipinski definition) is 3. The van der Waals surface area contributed by atoms with Crippen LogP contribution in [0.1, 0.15) is 48.5 Å². The normalized spacial score (nSPS) is 14.4. The molecule has 9 nitrogen and oxygen atoms in total. The highest BCUT2D eigenvalue weighted by Crippen LogP contribution is 2.24. The van der Waals surface area contributed by atoms with Crippen LogP contribution in [0.4, 0.5) is 11.5 Å². The number of carbonyl (C=O) groups excluding carboxylic acids is 2. The van der Waals surface area contributed by atoms with Gasteiger partial charge in [-0.1, -0.05) is 0 Å². The maximum Gasteiger partial charge on any atom is 0.272 e. The molecule has 0 bridgehead atoms. The average molecular weight is 441 g/mol. The summed E-state index contributed by atoms with van der Waals surface area (Å²) in [4.78, 5) is 37.9. The first-order valence-corrected chi connectivity index (χ1v) is 10.9. The summed E-state index contributed by atoms with van der Waals surface area (Å²) < 4.78 is 0. The predicted molar refractivity (Wildman–Crippen MR) is 124 cm³/mol. The molecule has 1 saturated heterocycles. The van der Waals surface area contributed by atoms with Crippen LogP contribution in [0.25, 0.3) is 0 Å². The van der Waals surface area contributed by atoms with Crippen LogP contribution in [0.2, 0.25) is 0 Å². The van der Waals surface area contributed by atoms with E-state index in [1.54, 1.807) is 37.1 Å². The second-order valence-electron chi connectivity index (χ2n) is 8.88. The van der Waals surface area contributed by atoms with Gasteiger partial charge in [0, 0.05) is 44.6 Å². The number of hydrogen-bond acceptors (Lipinski definition) is 7. The van der Waals surface area contributed by atoms with E-state index < -0.39 is 5.54 Å². The molecule has 0 saturated carbocycles. The van der Waals surface area contributed by atoms with Crippen molar-refractivity contribution >= 4 is 23.3 Å². The first kappa shape index (κ1) is 23.5. The lowest BCUT2D eigenvalue weighted by Gasteiger charge is -2.36. The molecule has 0 unspecified atom stereocenters. The molecule has 1 aliphatic rings. The summed E-state index contributed by atoms with van der Waals surface area (Å²) in [7, 11) is 0. The molecule has 2 aromatic rings. The molecule has 1 fully saturated rings. The van der Waals surface area contributed by atoms with Crippen LogP contribution in [0.15, 0.2) is 36.7 Å². The van der Waals surface area contributed by atoms with Crippen molar-refractivity contribution in [2.24, 2.45) is 0 Å². The number of aliphatic hydroxyl groups excluding tert-OH is 1. The number of pyridine rings is 2. The third kappa shape index (κ3) is 5.73. The summed E-state index contributed by atoms with van der Waals surface area (Å²) in [5.74, 6) is 0.395. The summed E-state index contributed by atoms with van der Waals surface area (Å²) >= 11 is 0. The molecule has 0 radical (unpaired) electrons. The zero-order valence-corrected chi connectivity index (χ0v) is 19.1. The third-order valence-electron chi connectivity index (χ3n) is 5.19. The molecule has 3 heterocycles. The first-order chi connectivity index (χ1) is 15.2. The van der Waals surface area contributed by atoms with Gasteiger partial charge in [-0.05, 0) is 52.0 Å². The zero-order valence-electron chi connectivity index (χ0n) is 19.1. The van der Waals surface area contributed by atoms with E-state index in [1.807, 2.05) is 12.1 Å². The molecule has 0 spiro atoms. The van der Waals surface area contributed by atoms with E-state index in [2.05, 4.69) is 39.3 Å². The van der Waals surface area contributed by atoms with Crippen molar-refractivity contribution in [2.45, 2.75) is 39.3 Å². The van der Waals surface area contributed by atoms with E-state index >= 15 is 0 Å². The molecule has 9 heteroatoms. The summed E-state index contributed by atoms with van der Waals surface area (Å²) in [6.07, 6.45) is 3.17. The van der Waals surface area contributed by atoms with Crippen molar-refractivity contribution in [3.63, 3.8) is 0 Å². The Balaban J connectivity index is 1.61. The maximum atomic E-state index is 12.9. The third-order valence-corrected chi connectivity index (χ3v) is 5.19. The molecule has 0 atom stereocenters. The Morgan fingerprint density at radius 2 is 1.84 bits per heavy atom. The van der Waals surface area contributed by atoms with E-state index in [9.17, 15) is 14.7 Å². The highest BCUT2D eigenvalue weighted by atomic mass is 16.3. The second-order valence-corrected chi connectivity index (χ2v) is 8.88. The lowest BCUT2D eigenvalue weighted by atomic mass is 10.1. The van der Waals surface area contributed by atoms with E-state index in [0.29, 0.717) is 43.5 Å². The number of nitrogens with one attached hydrogen (secondary N) is 2. The van der Waals surface area contributed by atoms with Crippen molar-refractivity contribution < 1.29 is 14.7 Å². The molecule has 3 N–H and O–H groups in total. The van der Waals surface area contributed by atoms with E-state index in [0.717, 1.165) is 11.5 Å². The minimum Gasteiger partial charge on any atom is -0.394 e. The highest BCUT2D eigenvalue weighted by molar-refractivity contribution is 5.96. The van der Waals surface area contributed by atoms with Gasteiger partial charge in [0.05, 0.1) is 23.4 Å². The lowest BCUT2D eigenvalue weighted by molar-refractivity contribution is 0.0739. The maximum absolute atomic E-state index is 12.9. The number of carbonyl (C=O) groups is 2. The Hall–Kier alpha value is -3.20. The van der Waals surface area contributed by atoms with Crippen molar-refractivity contribution in [1.29, 1.82) is 0 Å². The van der Waals surface area contributed by atoms with Crippen LogP contribution in [0.3, 0.4) is 0 Å². The molecule has 1 aliphatic heterocycles. The molecule has 3 rings (SSSR count). The molecule has 0 aromatic carbocycles. The minimum atomic E-state index is -0.733. The van der Waals surface area contributed by atoms with Crippen molar-refractivity contribution in [3.8, 4) is 0 Å². The number of rotatable bonds is 7. The van der Waals surface area contributed by atoms with Gasteiger partial charge in [-0.2, -0.15) is 0 Å². The van der Waals surface area contributed by atoms with E-state index in [1.165, 1.54) is 6.20 Å². The Bertz CT molecular complexity index is 937. The fraction of sp³-hybridized carbons (Fsp3) is 0.478. The van der Waals surface area contributed by atoms with Gasteiger partial charge in [0.2, 0.25) is 0 Å². The largest absolute Gasteiger partial charge is 0.394 e. The Labute approximate surface area is 188 Å². The van der Waals surface area contributed by atoms with Gasteiger partial charge in [0.15, 0.2) is 5.82 Å². The second kappa shape index (κ2) is 9.95. The quantitative estimate of drug-likeness (QED) is 0.602. The minimum absolute atomic E-state index is 0.158. The first-order valence-electron chi connectivity index (χ1n) is 10.9. The summed E-state index contributed by atoms with van der Waals surface area (Å²) in [5.41, 5.74) is 0.899. The molecule has 32 heavy (non-hydrogen) atoms. The van der Waals surface area contributed by atoms with Gasteiger partial charge in [0.25, 0.3) is 11.8 Å². The molecule has 2 amide bonds. The lowest BCUT2D eigenvalue weighted by Crippen LogP contribution is -2.49. The van der Waals surface area contributed by atoms with Crippen LogP contribution in [-0.2, 0) is 0 Å². The number of aliphatic hydroxyl groups is 1. The fourth-order valence-electron chi connectivity index (χ4n) is 3.43. The smallest absolute Gasteiger partial charge is 0.272 e. The molecule has 0 aliphatic carbocycles. The van der Waals surface area contributed by atoms with Crippen LogP contribution in [0, 0.1) is 0 Å². The van der Waals surface area contributed by atoms with Gasteiger partial charge in [-0.3, -0.25) is 14.6 Å². The zero-order chi connectivity index (χ0) is 23.3. The molecule has 172 valence electrons. The monoisotopic (exact) mass is 440 g/mol. The van der Waals surface area contributed by atoms with Gasteiger partial charge in [-0.15, -0.1) is 0 Å². The summed E-state index contributed by atoms with van der Waals surface area (Å²) in [6.45, 7) is 9.91. The van der Waals surface area contributed by atoms with Gasteiger partial charge >= 0.3 is 0 Å². The van der Waals surface area contributed by atoms with Gasteiger partial charge in [-0.25, -0.2) is 4.98 Å². The number of nitrogens with zero attached hydrogens (tertiary/aromatic N) is 4. The molecule has 2 aromatic heterocycles. The van der Waals surface area contributed by atoms with Crippen LogP contribution in [-0.4, -0.2) is 76.2 Å². The summed E-state index contributed by atoms with van der Waals surface area (Å²) in [6, 6.07) is 7.37. The highest BCUT2D eigenvalue weighted by Gasteiger charge is 2.25. The number of amides is 2. The predicted octanol–water partition coefficient (Wildman–Crippen LogP) is 1.76. The van der Waals surface area contributed by atoms with E-state index in [-0.39, 0.29) is 18.4 Å². The van der Waals surface area contributed by atoms with Crippen molar-refractivity contribution in [2.75, 3.05) is 43.0 Å². The van der Waals surface area contributed by atoms with Gasteiger partial charge in [0.1, 0.15) is 5.69 Å². The van der Waals surface area contributed by atoms with E-state index in [4.69, 9.17) is 0 Å². The van der Waals surface area contributed by atoms with Crippen molar-refractivity contribution in [1.82, 2.24) is 20.2 Å². The van der Waals surface area contributed by atoms with Crippen LogP contribution in [0.5, 0.6) is 0 Å². The van der Waals surface area contributed by atoms with Crippen LogP contribution >= 0.6 is 0 Å². The number of anilines is 2. The van der Waals surface area contributed by atoms with Crippen molar-refractivity contribution in [3.05, 3.63) is 47.9 Å².